The fraction of sp³-hybridized carbons (Fsp3) is 0.700. The Labute approximate surface area is 99.2 Å². The van der Waals surface area contributed by atoms with Gasteiger partial charge in [0.25, 0.3) is 0 Å². The maximum absolute atomic E-state index is 11.5. The van der Waals surface area contributed by atoms with Crippen molar-refractivity contribution >= 4 is 17.8 Å². The molecule has 0 saturated carbocycles. The van der Waals surface area contributed by atoms with Crippen LogP contribution >= 0.6 is 0 Å². The van der Waals surface area contributed by atoms with Crippen LogP contribution in [0.1, 0.15) is 20.3 Å². The predicted molar refractivity (Wildman–Crippen MR) is 59.5 cm³/mol. The Kier molecular flexibility index (Phi) is 6.88. The van der Waals surface area contributed by atoms with Gasteiger partial charge in [0.15, 0.2) is 0 Å². The fourth-order valence-electron chi connectivity index (χ4n) is 1.19. The molecule has 0 aromatic heterocycles. The van der Waals surface area contributed by atoms with E-state index in [1.54, 1.807) is 6.92 Å². The minimum atomic E-state index is -1.02. The van der Waals surface area contributed by atoms with E-state index in [1.165, 1.54) is 6.92 Å². The second kappa shape index (κ2) is 7.61. The van der Waals surface area contributed by atoms with E-state index in [-0.39, 0.29) is 24.9 Å². The number of nitrogens with one attached hydrogen (secondary N) is 2. The first kappa shape index (κ1) is 15.4. The molecule has 0 aliphatic rings. The summed E-state index contributed by atoms with van der Waals surface area (Å²) in [6, 6.07) is -0.252. The number of amides is 1. The number of hydrogen-bond donors (Lipinski definition) is 4. The van der Waals surface area contributed by atoms with Crippen LogP contribution in [0.2, 0.25) is 0 Å². The third-order valence-corrected chi connectivity index (χ3v) is 2.04. The average molecular weight is 246 g/mol. The molecule has 0 aliphatic carbocycles. The van der Waals surface area contributed by atoms with Crippen LogP contribution < -0.4 is 10.6 Å². The van der Waals surface area contributed by atoms with Gasteiger partial charge in [-0.1, -0.05) is 6.92 Å². The highest BCUT2D eigenvalue weighted by atomic mass is 16.4. The third-order valence-electron chi connectivity index (χ3n) is 2.04. The number of rotatable bonds is 8. The molecular weight excluding hydrogens is 228 g/mol. The summed E-state index contributed by atoms with van der Waals surface area (Å²) in [5, 5.41) is 22.1. The van der Waals surface area contributed by atoms with Gasteiger partial charge in [0.2, 0.25) is 5.91 Å². The average Bonchev–Trinajstić information content (AvgIpc) is 2.15. The van der Waals surface area contributed by atoms with Gasteiger partial charge in [0.05, 0.1) is 13.0 Å². The molecule has 7 heteroatoms. The molecule has 0 radical (unpaired) electrons. The molecule has 0 heterocycles. The molecule has 2 unspecified atom stereocenters. The van der Waals surface area contributed by atoms with Crippen LogP contribution in [0.15, 0.2) is 0 Å². The lowest BCUT2D eigenvalue weighted by Gasteiger charge is -2.16. The van der Waals surface area contributed by atoms with Gasteiger partial charge in [-0.25, -0.2) is 0 Å². The molecule has 0 bridgehead atoms. The smallest absolute Gasteiger partial charge is 0.317 e. The molecule has 98 valence electrons. The zero-order chi connectivity index (χ0) is 13.4. The zero-order valence-corrected chi connectivity index (χ0v) is 9.90. The second-order valence-corrected chi connectivity index (χ2v) is 3.93. The molecule has 0 rings (SSSR count). The van der Waals surface area contributed by atoms with Crippen molar-refractivity contribution in [2.45, 2.75) is 26.3 Å². The van der Waals surface area contributed by atoms with Crippen molar-refractivity contribution in [3.63, 3.8) is 0 Å². The van der Waals surface area contributed by atoms with E-state index in [0.29, 0.717) is 6.54 Å². The van der Waals surface area contributed by atoms with E-state index in [2.05, 4.69) is 10.6 Å². The quantitative estimate of drug-likeness (QED) is 0.449. The second-order valence-electron chi connectivity index (χ2n) is 3.93. The maximum Gasteiger partial charge on any atom is 0.317 e. The van der Waals surface area contributed by atoms with Gasteiger partial charge in [-0.2, -0.15) is 0 Å². The van der Waals surface area contributed by atoms with Crippen molar-refractivity contribution in [2.24, 2.45) is 5.92 Å². The van der Waals surface area contributed by atoms with E-state index < -0.39 is 17.9 Å². The minimum Gasteiger partial charge on any atom is -0.481 e. The standard InChI is InChI=1S/C10H18N2O5/c1-6(3-8(13)14)10(17)12-7(2)4-11-5-9(15)16/h6-7,11H,3-5H2,1-2H3,(H,12,17)(H,13,14)(H,15,16). The van der Waals surface area contributed by atoms with Crippen LogP contribution in [0.3, 0.4) is 0 Å². The van der Waals surface area contributed by atoms with Gasteiger partial charge in [0, 0.05) is 18.5 Å². The van der Waals surface area contributed by atoms with Gasteiger partial charge in [-0.15, -0.1) is 0 Å². The molecule has 0 saturated heterocycles. The number of carboxylic acids is 2. The largest absolute Gasteiger partial charge is 0.481 e. The van der Waals surface area contributed by atoms with Gasteiger partial charge >= 0.3 is 11.9 Å². The Morgan fingerprint density at radius 3 is 2.18 bits per heavy atom. The number of carbonyl (C=O) groups excluding carboxylic acids is 1. The highest BCUT2D eigenvalue weighted by Crippen LogP contribution is 2.01. The van der Waals surface area contributed by atoms with Crippen molar-refractivity contribution in [3.8, 4) is 0 Å². The molecule has 4 N–H and O–H groups in total. The predicted octanol–water partition coefficient (Wildman–Crippen LogP) is -0.724. The summed E-state index contributed by atoms with van der Waals surface area (Å²) in [5.74, 6) is -2.95. The van der Waals surface area contributed by atoms with Crippen LogP contribution in [-0.2, 0) is 14.4 Å². The highest BCUT2D eigenvalue weighted by Gasteiger charge is 2.17. The van der Waals surface area contributed by atoms with Crippen LogP contribution in [0.4, 0.5) is 0 Å². The normalized spacial score (nSPS) is 13.8. The highest BCUT2D eigenvalue weighted by molar-refractivity contribution is 5.83. The summed E-state index contributed by atoms with van der Waals surface area (Å²) >= 11 is 0. The van der Waals surface area contributed by atoms with E-state index in [0.717, 1.165) is 0 Å². The van der Waals surface area contributed by atoms with Crippen LogP contribution in [0.25, 0.3) is 0 Å². The lowest BCUT2D eigenvalue weighted by atomic mass is 10.1. The Morgan fingerprint density at radius 1 is 1.12 bits per heavy atom. The third kappa shape index (κ3) is 8.21. The number of carboxylic acid groups (broad SMARTS) is 2. The monoisotopic (exact) mass is 246 g/mol. The zero-order valence-electron chi connectivity index (χ0n) is 9.90. The van der Waals surface area contributed by atoms with E-state index >= 15 is 0 Å². The minimum absolute atomic E-state index is 0.176. The lowest BCUT2D eigenvalue weighted by Crippen LogP contribution is -2.43. The van der Waals surface area contributed by atoms with Crippen molar-refractivity contribution in [3.05, 3.63) is 0 Å². The maximum atomic E-state index is 11.5. The molecule has 0 aromatic rings. The molecule has 2 atom stereocenters. The van der Waals surface area contributed by atoms with Crippen molar-refractivity contribution in [1.82, 2.24) is 10.6 Å². The van der Waals surface area contributed by atoms with Crippen LogP contribution in [0, 0.1) is 5.92 Å². The van der Waals surface area contributed by atoms with E-state index in [1.807, 2.05) is 0 Å². The molecule has 0 fully saturated rings. The summed E-state index contributed by atoms with van der Waals surface area (Å²) < 4.78 is 0. The number of carbonyl (C=O) groups is 3. The first-order valence-corrected chi connectivity index (χ1v) is 5.27. The van der Waals surface area contributed by atoms with Gasteiger partial charge in [-0.3, -0.25) is 14.4 Å². The topological polar surface area (TPSA) is 116 Å². The van der Waals surface area contributed by atoms with Gasteiger partial charge in [-0.05, 0) is 6.92 Å². The lowest BCUT2D eigenvalue weighted by molar-refractivity contribution is -0.141. The molecule has 17 heavy (non-hydrogen) atoms. The SMILES string of the molecule is CC(CNCC(=O)O)NC(=O)C(C)CC(=O)O. The summed E-state index contributed by atoms with van der Waals surface area (Å²) in [6.45, 7) is 3.38. The Bertz CT molecular complexity index is 292. The number of aliphatic carboxylic acids is 2. The van der Waals surface area contributed by atoms with E-state index in [9.17, 15) is 14.4 Å². The van der Waals surface area contributed by atoms with E-state index in [4.69, 9.17) is 10.2 Å². The Morgan fingerprint density at radius 2 is 1.71 bits per heavy atom. The van der Waals surface area contributed by atoms with Crippen molar-refractivity contribution < 1.29 is 24.6 Å². The van der Waals surface area contributed by atoms with Crippen molar-refractivity contribution in [2.75, 3.05) is 13.1 Å². The summed E-state index contributed by atoms with van der Waals surface area (Å²) in [4.78, 5) is 32.1. The van der Waals surface area contributed by atoms with Gasteiger partial charge < -0.3 is 20.8 Å². The Balaban J connectivity index is 3.86. The van der Waals surface area contributed by atoms with Gasteiger partial charge in [0.1, 0.15) is 0 Å². The first-order valence-electron chi connectivity index (χ1n) is 5.27. The summed E-state index contributed by atoms with van der Waals surface area (Å²) in [7, 11) is 0. The molecule has 0 spiro atoms. The molecular formula is C10H18N2O5. The molecule has 1 amide bonds. The number of hydrogen-bond acceptors (Lipinski definition) is 4. The molecule has 0 aromatic carbocycles. The first-order chi connectivity index (χ1) is 7.82. The van der Waals surface area contributed by atoms with Crippen LogP contribution in [-0.4, -0.2) is 47.2 Å². The summed E-state index contributed by atoms with van der Waals surface area (Å²) in [6.07, 6.45) is -0.221. The van der Waals surface area contributed by atoms with Crippen molar-refractivity contribution in [1.29, 1.82) is 0 Å². The Hall–Kier alpha value is -1.63. The van der Waals surface area contributed by atoms with Crippen LogP contribution in [0.5, 0.6) is 0 Å². The molecule has 7 nitrogen and oxygen atoms in total. The fourth-order valence-corrected chi connectivity index (χ4v) is 1.19. The molecule has 0 aliphatic heterocycles. The summed E-state index contributed by atoms with van der Waals surface area (Å²) in [5.41, 5.74) is 0.